The lowest BCUT2D eigenvalue weighted by Crippen LogP contribution is -2.49. The fourth-order valence-corrected chi connectivity index (χ4v) is 3.62. The summed E-state index contributed by atoms with van der Waals surface area (Å²) < 4.78 is 0. The molecule has 3 heterocycles. The number of piperidine rings is 1. The Balaban J connectivity index is 1.70. The molecule has 1 aromatic heterocycles. The van der Waals surface area contributed by atoms with Crippen molar-refractivity contribution in [1.29, 1.82) is 0 Å². The van der Waals surface area contributed by atoms with Crippen LogP contribution in [-0.4, -0.2) is 29.7 Å². The Kier molecular flexibility index (Phi) is 3.50. The minimum Gasteiger partial charge on any atom is -0.364 e. The van der Waals surface area contributed by atoms with Gasteiger partial charge >= 0.3 is 0 Å². The molecule has 0 saturated carbocycles. The highest BCUT2D eigenvalue weighted by atomic mass is 15.2. The van der Waals surface area contributed by atoms with E-state index in [0.29, 0.717) is 0 Å². The minimum atomic E-state index is 0.724. The number of rotatable bonds is 4. The maximum atomic E-state index is 4.27. The standard InChI is InChI=1S/C15H23N3/c1-2-7-17-12-9-13-5-6-14(10-12)18(13)15-4-3-8-16-11-15/h3-4,8,11-14,17H,2,5-7,9-10H2,1H3. The number of anilines is 1. The Morgan fingerprint density at radius 1 is 1.33 bits per heavy atom. The predicted molar refractivity (Wildman–Crippen MR) is 74.8 cm³/mol. The lowest BCUT2D eigenvalue weighted by Gasteiger charge is -2.40. The van der Waals surface area contributed by atoms with Gasteiger partial charge in [0.15, 0.2) is 0 Å². The van der Waals surface area contributed by atoms with E-state index >= 15 is 0 Å². The smallest absolute Gasteiger partial charge is 0.0557 e. The normalized spacial score (nSPS) is 30.7. The molecular weight excluding hydrogens is 222 g/mol. The van der Waals surface area contributed by atoms with Crippen LogP contribution in [0.1, 0.15) is 39.0 Å². The van der Waals surface area contributed by atoms with E-state index in [4.69, 9.17) is 0 Å². The third-order valence-electron chi connectivity index (χ3n) is 4.36. The molecule has 2 saturated heterocycles. The van der Waals surface area contributed by atoms with E-state index < -0.39 is 0 Å². The second-order valence-electron chi connectivity index (χ2n) is 5.63. The summed E-state index contributed by atoms with van der Waals surface area (Å²) >= 11 is 0. The SMILES string of the molecule is CCCNC1CC2CCC(C1)N2c1cccnc1. The van der Waals surface area contributed by atoms with Gasteiger partial charge in [-0.3, -0.25) is 4.98 Å². The van der Waals surface area contributed by atoms with Crippen molar-refractivity contribution in [2.24, 2.45) is 0 Å². The van der Waals surface area contributed by atoms with Crippen LogP contribution in [-0.2, 0) is 0 Å². The Labute approximate surface area is 110 Å². The lowest BCUT2D eigenvalue weighted by molar-refractivity contribution is 0.356. The van der Waals surface area contributed by atoms with Crippen LogP contribution in [0.2, 0.25) is 0 Å². The molecule has 0 radical (unpaired) electrons. The van der Waals surface area contributed by atoms with Crippen molar-refractivity contribution in [3.8, 4) is 0 Å². The van der Waals surface area contributed by atoms with E-state index in [1.807, 2.05) is 12.4 Å². The first kappa shape index (κ1) is 12.0. The van der Waals surface area contributed by atoms with Crippen LogP contribution in [0.25, 0.3) is 0 Å². The molecule has 2 atom stereocenters. The van der Waals surface area contributed by atoms with Crippen molar-refractivity contribution in [2.75, 3.05) is 11.4 Å². The van der Waals surface area contributed by atoms with Gasteiger partial charge in [-0.05, 0) is 50.8 Å². The van der Waals surface area contributed by atoms with E-state index in [1.54, 1.807) is 0 Å². The van der Waals surface area contributed by atoms with E-state index in [2.05, 4.69) is 34.3 Å². The topological polar surface area (TPSA) is 28.2 Å². The van der Waals surface area contributed by atoms with Gasteiger partial charge in [-0.15, -0.1) is 0 Å². The Morgan fingerprint density at radius 2 is 2.11 bits per heavy atom. The summed E-state index contributed by atoms with van der Waals surface area (Å²) in [4.78, 5) is 6.89. The molecule has 18 heavy (non-hydrogen) atoms. The Hall–Kier alpha value is -1.09. The first-order valence-corrected chi connectivity index (χ1v) is 7.30. The maximum absolute atomic E-state index is 4.27. The van der Waals surface area contributed by atoms with Gasteiger partial charge in [0.1, 0.15) is 0 Å². The molecule has 1 N–H and O–H groups in total. The summed E-state index contributed by atoms with van der Waals surface area (Å²) in [5.74, 6) is 0. The fourth-order valence-electron chi connectivity index (χ4n) is 3.62. The molecule has 3 rings (SSSR count). The molecule has 2 aliphatic heterocycles. The largest absolute Gasteiger partial charge is 0.364 e. The lowest BCUT2D eigenvalue weighted by atomic mass is 9.96. The van der Waals surface area contributed by atoms with Crippen LogP contribution >= 0.6 is 0 Å². The first-order chi connectivity index (χ1) is 8.88. The van der Waals surface area contributed by atoms with Crippen LogP contribution in [0.3, 0.4) is 0 Å². The highest BCUT2D eigenvalue weighted by molar-refractivity contribution is 5.48. The van der Waals surface area contributed by atoms with E-state index in [-0.39, 0.29) is 0 Å². The van der Waals surface area contributed by atoms with Crippen molar-refractivity contribution in [1.82, 2.24) is 10.3 Å². The number of nitrogens with zero attached hydrogens (tertiary/aromatic N) is 2. The number of hydrogen-bond donors (Lipinski definition) is 1. The number of pyridine rings is 1. The molecule has 0 amide bonds. The number of hydrogen-bond acceptors (Lipinski definition) is 3. The van der Waals surface area contributed by atoms with Gasteiger partial charge in [0.05, 0.1) is 11.9 Å². The molecule has 3 nitrogen and oxygen atoms in total. The summed E-state index contributed by atoms with van der Waals surface area (Å²) in [6.07, 6.45) is 10.4. The molecule has 2 unspecified atom stereocenters. The molecule has 0 aromatic carbocycles. The summed E-state index contributed by atoms with van der Waals surface area (Å²) in [7, 11) is 0. The Morgan fingerprint density at radius 3 is 2.72 bits per heavy atom. The molecule has 2 fully saturated rings. The van der Waals surface area contributed by atoms with Crippen LogP contribution in [0.15, 0.2) is 24.5 Å². The summed E-state index contributed by atoms with van der Waals surface area (Å²) in [6.45, 7) is 3.41. The molecule has 3 heteroatoms. The van der Waals surface area contributed by atoms with Gasteiger partial charge in [-0.1, -0.05) is 6.92 Å². The zero-order valence-electron chi connectivity index (χ0n) is 11.2. The second kappa shape index (κ2) is 5.27. The maximum Gasteiger partial charge on any atom is 0.0557 e. The molecule has 0 aliphatic carbocycles. The van der Waals surface area contributed by atoms with Gasteiger partial charge in [0.2, 0.25) is 0 Å². The molecule has 98 valence electrons. The van der Waals surface area contributed by atoms with Gasteiger partial charge in [0.25, 0.3) is 0 Å². The van der Waals surface area contributed by atoms with Gasteiger partial charge in [-0.2, -0.15) is 0 Å². The molecular formula is C15H23N3. The van der Waals surface area contributed by atoms with Crippen molar-refractivity contribution in [2.45, 2.75) is 57.2 Å². The summed E-state index contributed by atoms with van der Waals surface area (Å²) in [6, 6.07) is 6.44. The van der Waals surface area contributed by atoms with Crippen LogP contribution in [0.5, 0.6) is 0 Å². The molecule has 2 bridgehead atoms. The van der Waals surface area contributed by atoms with Crippen molar-refractivity contribution < 1.29 is 0 Å². The third-order valence-corrected chi connectivity index (χ3v) is 4.36. The zero-order valence-corrected chi connectivity index (χ0v) is 11.2. The first-order valence-electron chi connectivity index (χ1n) is 7.30. The summed E-state index contributed by atoms with van der Waals surface area (Å²) in [5, 5.41) is 3.70. The predicted octanol–water partition coefficient (Wildman–Crippen LogP) is 2.58. The second-order valence-corrected chi connectivity index (χ2v) is 5.63. The minimum absolute atomic E-state index is 0.724. The highest BCUT2D eigenvalue weighted by Gasteiger charge is 2.40. The van der Waals surface area contributed by atoms with E-state index in [0.717, 1.165) is 24.7 Å². The molecule has 2 aliphatic rings. The van der Waals surface area contributed by atoms with Crippen molar-refractivity contribution >= 4 is 5.69 Å². The van der Waals surface area contributed by atoms with Gasteiger partial charge < -0.3 is 10.2 Å². The van der Waals surface area contributed by atoms with Crippen LogP contribution in [0, 0.1) is 0 Å². The van der Waals surface area contributed by atoms with Crippen molar-refractivity contribution in [3.05, 3.63) is 24.5 Å². The molecule has 0 spiro atoms. The van der Waals surface area contributed by atoms with Crippen LogP contribution in [0.4, 0.5) is 5.69 Å². The average molecular weight is 245 g/mol. The Bertz CT molecular complexity index is 365. The number of aromatic nitrogens is 1. The highest BCUT2D eigenvalue weighted by Crippen LogP contribution is 2.38. The van der Waals surface area contributed by atoms with Crippen LogP contribution < -0.4 is 10.2 Å². The quantitative estimate of drug-likeness (QED) is 0.883. The average Bonchev–Trinajstić information content (AvgIpc) is 2.69. The number of fused-ring (bicyclic) bond motifs is 2. The van der Waals surface area contributed by atoms with Crippen molar-refractivity contribution in [3.63, 3.8) is 0 Å². The fraction of sp³-hybridized carbons (Fsp3) is 0.667. The summed E-state index contributed by atoms with van der Waals surface area (Å²) in [5.41, 5.74) is 1.32. The molecule has 1 aromatic rings. The zero-order chi connectivity index (χ0) is 12.4. The monoisotopic (exact) mass is 245 g/mol. The van der Waals surface area contributed by atoms with Gasteiger partial charge in [0, 0.05) is 24.3 Å². The number of nitrogens with one attached hydrogen (secondary N) is 1. The third kappa shape index (κ3) is 2.24. The van der Waals surface area contributed by atoms with E-state index in [9.17, 15) is 0 Å². The van der Waals surface area contributed by atoms with Gasteiger partial charge in [-0.25, -0.2) is 0 Å². The van der Waals surface area contributed by atoms with E-state index in [1.165, 1.54) is 37.8 Å².